The van der Waals surface area contributed by atoms with Crippen molar-refractivity contribution >= 4 is 57.0 Å². The van der Waals surface area contributed by atoms with Gasteiger partial charge in [0, 0.05) is 62.6 Å². The zero-order chi connectivity index (χ0) is 40.5. The number of hydrogen-bond donors (Lipinski definition) is 1. The number of rotatable bonds is 23. The van der Waals surface area contributed by atoms with E-state index in [0.717, 1.165) is 41.9 Å². The van der Waals surface area contributed by atoms with E-state index in [2.05, 4.69) is 26.7 Å². The Hall–Kier alpha value is -4.12. The number of aromatic nitrogens is 4. The van der Waals surface area contributed by atoms with Gasteiger partial charge in [0.15, 0.2) is 0 Å². The molecule has 2 aromatic heterocycles. The third-order valence-electron chi connectivity index (χ3n) is 11.9. The molecule has 4 bridgehead atoms. The van der Waals surface area contributed by atoms with Crippen LogP contribution in [0.1, 0.15) is 81.0 Å². The molecule has 2 aromatic carbocycles. The molecule has 0 atom stereocenters. The largest absolute Gasteiger partial charge is 0.495 e. The van der Waals surface area contributed by atoms with Gasteiger partial charge in [-0.3, -0.25) is 14.6 Å². The van der Waals surface area contributed by atoms with Crippen LogP contribution in [0.5, 0.6) is 5.75 Å². The summed E-state index contributed by atoms with van der Waals surface area (Å²) >= 11 is 12.7. The minimum absolute atomic E-state index is 0.0459. The van der Waals surface area contributed by atoms with E-state index in [4.69, 9.17) is 42.1 Å². The highest BCUT2D eigenvalue weighted by Gasteiger charge is 2.51. The van der Waals surface area contributed by atoms with Crippen molar-refractivity contribution < 1.29 is 28.5 Å². The van der Waals surface area contributed by atoms with Crippen LogP contribution in [0.15, 0.2) is 42.7 Å². The number of carbonyl (C=O) groups is 2. The van der Waals surface area contributed by atoms with Crippen LogP contribution < -0.4 is 10.1 Å². The summed E-state index contributed by atoms with van der Waals surface area (Å²) in [6, 6.07) is 11.0. The number of hydrogen-bond acceptors (Lipinski definition) is 11. The molecule has 308 valence electrons. The third-order valence-corrected chi connectivity index (χ3v) is 12.5. The number of aryl methyl sites for hydroxylation is 1. The molecule has 0 aliphatic heterocycles. The van der Waals surface area contributed by atoms with Crippen LogP contribution in [-0.4, -0.2) is 78.3 Å². The first-order valence-corrected chi connectivity index (χ1v) is 21.2. The SMILES string of the molecule is COc1cc(Nc2c(C#N)cnc3ccc(CC(=O)CCc4cn(CCOCCOCCOCCCC(=O)CC56CC7CC(CC(C7)C5)C6)nn4)cc23)c(Cl)cc1Cl. The Labute approximate surface area is 349 Å². The maximum absolute atomic E-state index is 13.0. The summed E-state index contributed by atoms with van der Waals surface area (Å²) in [4.78, 5) is 30.3. The van der Waals surface area contributed by atoms with E-state index in [1.54, 1.807) is 16.8 Å². The van der Waals surface area contributed by atoms with E-state index in [1.807, 2.05) is 24.4 Å². The van der Waals surface area contributed by atoms with Gasteiger partial charge in [-0.2, -0.15) is 5.26 Å². The van der Waals surface area contributed by atoms with Crippen LogP contribution in [0, 0.1) is 34.5 Å². The average molecular weight is 832 g/mol. The lowest BCUT2D eigenvalue weighted by atomic mass is 9.48. The number of ketones is 2. The summed E-state index contributed by atoms with van der Waals surface area (Å²) in [7, 11) is 1.51. The Bertz CT molecular complexity index is 2080. The number of carbonyl (C=O) groups excluding carboxylic acids is 2. The second-order valence-electron chi connectivity index (χ2n) is 16.4. The Balaban J connectivity index is 0.751. The molecule has 14 heteroatoms. The van der Waals surface area contributed by atoms with E-state index in [0.29, 0.717) is 120 Å². The van der Waals surface area contributed by atoms with E-state index < -0.39 is 0 Å². The molecule has 0 radical (unpaired) electrons. The molecule has 1 N–H and O–H groups in total. The van der Waals surface area contributed by atoms with Gasteiger partial charge in [0.25, 0.3) is 0 Å². The summed E-state index contributed by atoms with van der Waals surface area (Å²) in [6.07, 6.45) is 14.6. The van der Waals surface area contributed by atoms with Gasteiger partial charge < -0.3 is 24.3 Å². The first-order valence-electron chi connectivity index (χ1n) is 20.5. The Morgan fingerprint density at radius 2 is 1.62 bits per heavy atom. The highest BCUT2D eigenvalue weighted by atomic mass is 35.5. The monoisotopic (exact) mass is 830 g/mol. The minimum atomic E-state index is 0.0459. The van der Waals surface area contributed by atoms with Gasteiger partial charge in [0.05, 0.1) is 84.9 Å². The van der Waals surface area contributed by atoms with Gasteiger partial charge in [-0.1, -0.05) is 34.5 Å². The summed E-state index contributed by atoms with van der Waals surface area (Å²) < 4.78 is 24.1. The molecule has 8 rings (SSSR count). The number of methoxy groups -OCH3 is 1. The molecule has 4 aliphatic carbocycles. The number of pyridine rings is 1. The first-order chi connectivity index (χ1) is 28.2. The summed E-state index contributed by atoms with van der Waals surface area (Å²) in [5, 5.41) is 22.9. The predicted octanol–water partition coefficient (Wildman–Crippen LogP) is 8.51. The highest BCUT2D eigenvalue weighted by molar-refractivity contribution is 6.37. The second kappa shape index (κ2) is 19.8. The molecule has 4 aromatic rings. The van der Waals surface area contributed by atoms with Gasteiger partial charge >= 0.3 is 0 Å². The first kappa shape index (κ1) is 42.0. The zero-order valence-electron chi connectivity index (χ0n) is 33.2. The van der Waals surface area contributed by atoms with Crippen molar-refractivity contribution in [3.63, 3.8) is 0 Å². The van der Waals surface area contributed by atoms with Gasteiger partial charge in [-0.15, -0.1) is 5.10 Å². The minimum Gasteiger partial charge on any atom is -0.495 e. The topological polar surface area (TPSA) is 150 Å². The standard InChI is InChI=1S/C44H52Cl2N6O6/c1-55-42-21-41(38(45)20-39(42)46)49-43-33(26-47)27-48-40-7-4-29(19-37(40)43)18-35(53)6-5-34-28-52(51-50-34)8-10-57-12-14-58-13-11-56-9-2-3-36(54)25-44-22-30-15-31(23-44)17-32(16-30)24-44/h4,7,19-21,27-28,30-32H,2-3,5-6,8-18,22-25H2,1H3,(H,48,49). The molecule has 4 saturated carbocycles. The Morgan fingerprint density at radius 1 is 0.914 bits per heavy atom. The molecule has 0 amide bonds. The lowest BCUT2D eigenvalue weighted by Gasteiger charge is -2.56. The van der Waals surface area contributed by atoms with Crippen LogP contribution in [0.3, 0.4) is 0 Å². The van der Waals surface area contributed by atoms with Crippen LogP contribution in [0.4, 0.5) is 11.4 Å². The number of benzene rings is 2. The fourth-order valence-electron chi connectivity index (χ4n) is 9.72. The van der Waals surface area contributed by atoms with Crippen molar-refractivity contribution in [3.8, 4) is 11.8 Å². The molecule has 0 unspecified atom stereocenters. The van der Waals surface area contributed by atoms with Gasteiger partial charge in [0.2, 0.25) is 0 Å². The second-order valence-corrected chi connectivity index (χ2v) is 17.2. The van der Waals surface area contributed by atoms with E-state index in [9.17, 15) is 14.9 Å². The molecule has 12 nitrogen and oxygen atoms in total. The quantitative estimate of drug-likeness (QED) is 0.0717. The predicted molar refractivity (Wildman–Crippen MR) is 222 cm³/mol. The number of halogens is 2. The van der Waals surface area contributed by atoms with Gasteiger partial charge in [-0.05, 0) is 91.9 Å². The van der Waals surface area contributed by atoms with Crippen molar-refractivity contribution in [2.45, 2.75) is 83.6 Å². The summed E-state index contributed by atoms with van der Waals surface area (Å²) in [5.74, 6) is 3.56. The maximum atomic E-state index is 13.0. The average Bonchev–Trinajstić information content (AvgIpc) is 3.65. The Morgan fingerprint density at radius 3 is 2.33 bits per heavy atom. The fraction of sp³-hybridized carbons (Fsp3) is 0.545. The number of nitriles is 1. The van der Waals surface area contributed by atoms with E-state index >= 15 is 0 Å². The van der Waals surface area contributed by atoms with Crippen molar-refractivity contribution in [3.05, 3.63) is 69.6 Å². The lowest BCUT2D eigenvalue weighted by Crippen LogP contribution is -2.46. The van der Waals surface area contributed by atoms with Gasteiger partial charge in [0.1, 0.15) is 23.4 Å². The molecular formula is C44H52Cl2N6O6. The molecular weight excluding hydrogens is 779 g/mol. The molecule has 0 spiro atoms. The number of nitrogens with zero attached hydrogens (tertiary/aromatic N) is 5. The van der Waals surface area contributed by atoms with Crippen LogP contribution in [0.25, 0.3) is 10.9 Å². The number of Topliss-reactive ketones (excluding diaryl/α,β-unsaturated/α-hetero) is 2. The Kier molecular flexibility index (Phi) is 14.3. The normalized spacial score (nSPS) is 20.7. The number of fused-ring (bicyclic) bond motifs is 1. The van der Waals surface area contributed by atoms with Crippen LogP contribution in [0.2, 0.25) is 10.0 Å². The highest BCUT2D eigenvalue weighted by Crippen LogP contribution is 2.61. The van der Waals surface area contributed by atoms with Crippen LogP contribution in [-0.2, 0) is 43.2 Å². The molecule has 4 aliphatic rings. The number of nitrogens with one attached hydrogen (secondary N) is 1. The maximum Gasteiger partial charge on any atom is 0.139 e. The van der Waals surface area contributed by atoms with Crippen molar-refractivity contribution in [2.75, 3.05) is 52.1 Å². The van der Waals surface area contributed by atoms with Gasteiger partial charge in [-0.25, -0.2) is 4.68 Å². The lowest BCUT2D eigenvalue weighted by molar-refractivity contribution is -0.127. The zero-order valence-corrected chi connectivity index (χ0v) is 34.7. The number of ether oxygens (including phenoxy) is 4. The molecule has 0 saturated heterocycles. The molecule has 2 heterocycles. The molecule has 58 heavy (non-hydrogen) atoms. The van der Waals surface area contributed by atoms with Crippen molar-refractivity contribution in [2.24, 2.45) is 23.2 Å². The third kappa shape index (κ3) is 10.9. The van der Waals surface area contributed by atoms with Crippen molar-refractivity contribution in [1.29, 1.82) is 5.26 Å². The smallest absolute Gasteiger partial charge is 0.139 e. The van der Waals surface area contributed by atoms with E-state index in [1.165, 1.54) is 51.8 Å². The van der Waals surface area contributed by atoms with Crippen LogP contribution >= 0.6 is 23.2 Å². The van der Waals surface area contributed by atoms with Crippen molar-refractivity contribution in [1.82, 2.24) is 20.0 Å². The molecule has 4 fully saturated rings. The summed E-state index contributed by atoms with van der Waals surface area (Å²) in [6.45, 7) is 3.50. The number of anilines is 2. The summed E-state index contributed by atoms with van der Waals surface area (Å²) in [5.41, 5.74) is 3.85. The van der Waals surface area contributed by atoms with E-state index in [-0.39, 0.29) is 12.2 Å². The fourth-order valence-corrected chi connectivity index (χ4v) is 10.2.